The lowest BCUT2D eigenvalue weighted by Gasteiger charge is -2.37. The molecule has 0 aliphatic carbocycles. The van der Waals surface area contributed by atoms with Crippen LogP contribution in [0.4, 0.5) is 11.4 Å². The lowest BCUT2D eigenvalue weighted by atomic mass is 10.2. The molecule has 1 saturated heterocycles. The molecule has 1 heterocycles. The average molecular weight is 345 g/mol. The Kier molecular flexibility index (Phi) is 4.25. The van der Waals surface area contributed by atoms with Crippen molar-refractivity contribution in [3.63, 3.8) is 0 Å². The Morgan fingerprint density at radius 2 is 1.19 bits per heavy atom. The Hall–Kier alpha value is -1.81. The molecule has 21 heavy (non-hydrogen) atoms. The summed E-state index contributed by atoms with van der Waals surface area (Å²) in [6, 6.07) is 16.3. The first-order valence-electron chi connectivity index (χ1n) is 7.07. The number of hydrogen-bond acceptors (Lipinski definition) is 3. The highest BCUT2D eigenvalue weighted by molar-refractivity contribution is 9.10. The molecule has 3 rings (SSSR count). The smallest absolute Gasteiger partial charge is 0.150 e. The van der Waals surface area contributed by atoms with Crippen LogP contribution in [0.25, 0.3) is 0 Å². The van der Waals surface area contributed by atoms with Crippen LogP contribution in [-0.4, -0.2) is 32.5 Å². The molecule has 0 amide bonds. The third-order valence-electron chi connectivity index (χ3n) is 3.87. The first-order valence-corrected chi connectivity index (χ1v) is 7.86. The van der Waals surface area contributed by atoms with E-state index in [0.29, 0.717) is 0 Å². The molecule has 108 valence electrons. The third-order valence-corrected chi connectivity index (χ3v) is 4.39. The molecule has 0 N–H and O–H groups in total. The molecule has 0 aromatic heterocycles. The summed E-state index contributed by atoms with van der Waals surface area (Å²) in [6.45, 7) is 4.02. The summed E-state index contributed by atoms with van der Waals surface area (Å²) in [5, 5.41) is 0. The zero-order valence-corrected chi connectivity index (χ0v) is 13.3. The van der Waals surface area contributed by atoms with E-state index in [2.05, 4.69) is 50.0 Å². The van der Waals surface area contributed by atoms with E-state index in [0.717, 1.165) is 42.5 Å². The molecule has 0 radical (unpaired) electrons. The van der Waals surface area contributed by atoms with Gasteiger partial charge in [0.1, 0.15) is 6.29 Å². The maximum absolute atomic E-state index is 10.7. The number of carbonyl (C=O) groups is 1. The molecule has 1 aliphatic heterocycles. The monoisotopic (exact) mass is 344 g/mol. The molecule has 2 aromatic rings. The summed E-state index contributed by atoms with van der Waals surface area (Å²) in [4.78, 5) is 15.5. The Labute approximate surface area is 133 Å². The molecule has 4 heteroatoms. The zero-order chi connectivity index (χ0) is 14.7. The maximum atomic E-state index is 10.7. The molecule has 0 bridgehead atoms. The van der Waals surface area contributed by atoms with Gasteiger partial charge in [-0.2, -0.15) is 0 Å². The van der Waals surface area contributed by atoms with Gasteiger partial charge in [0.25, 0.3) is 0 Å². The minimum absolute atomic E-state index is 0.729. The predicted molar refractivity (Wildman–Crippen MR) is 90.4 cm³/mol. The zero-order valence-electron chi connectivity index (χ0n) is 11.7. The standard InChI is InChI=1S/C17H17BrN2O/c18-15-3-7-17(8-4-15)20-11-9-19(10-12-20)16-5-1-14(13-21)2-6-16/h1-8,13H,9-12H2. The van der Waals surface area contributed by atoms with E-state index in [1.54, 1.807) is 0 Å². The fourth-order valence-corrected chi connectivity index (χ4v) is 2.90. The van der Waals surface area contributed by atoms with Crippen LogP contribution < -0.4 is 9.80 Å². The highest BCUT2D eigenvalue weighted by Crippen LogP contribution is 2.22. The van der Waals surface area contributed by atoms with Crippen molar-refractivity contribution < 1.29 is 4.79 Å². The topological polar surface area (TPSA) is 23.6 Å². The fraction of sp³-hybridized carbons (Fsp3) is 0.235. The van der Waals surface area contributed by atoms with Crippen molar-refractivity contribution in [1.29, 1.82) is 0 Å². The van der Waals surface area contributed by atoms with Crippen molar-refractivity contribution in [2.45, 2.75) is 0 Å². The number of halogens is 1. The van der Waals surface area contributed by atoms with E-state index in [1.807, 2.05) is 24.3 Å². The summed E-state index contributed by atoms with van der Waals surface area (Å²) >= 11 is 3.47. The second-order valence-electron chi connectivity index (χ2n) is 5.16. The van der Waals surface area contributed by atoms with Gasteiger partial charge in [-0.1, -0.05) is 15.9 Å². The summed E-state index contributed by atoms with van der Waals surface area (Å²) in [7, 11) is 0. The van der Waals surface area contributed by atoms with E-state index in [9.17, 15) is 4.79 Å². The number of aldehydes is 1. The van der Waals surface area contributed by atoms with Gasteiger partial charge < -0.3 is 9.80 Å². The van der Waals surface area contributed by atoms with Gasteiger partial charge in [-0.25, -0.2) is 0 Å². The van der Waals surface area contributed by atoms with Gasteiger partial charge in [0.15, 0.2) is 0 Å². The van der Waals surface area contributed by atoms with Crippen LogP contribution >= 0.6 is 15.9 Å². The number of carbonyl (C=O) groups excluding carboxylic acids is 1. The van der Waals surface area contributed by atoms with Crippen LogP contribution in [-0.2, 0) is 0 Å². The molecule has 2 aromatic carbocycles. The van der Waals surface area contributed by atoms with Crippen LogP contribution in [0, 0.1) is 0 Å². The number of benzene rings is 2. The lowest BCUT2D eigenvalue weighted by molar-refractivity contribution is 0.112. The molecule has 3 nitrogen and oxygen atoms in total. The number of hydrogen-bond donors (Lipinski definition) is 0. The summed E-state index contributed by atoms with van der Waals surface area (Å²) in [5.74, 6) is 0. The van der Waals surface area contributed by atoms with Crippen LogP contribution in [0.3, 0.4) is 0 Å². The second-order valence-corrected chi connectivity index (χ2v) is 6.08. The maximum Gasteiger partial charge on any atom is 0.150 e. The first-order chi connectivity index (χ1) is 10.3. The fourth-order valence-electron chi connectivity index (χ4n) is 2.64. The minimum Gasteiger partial charge on any atom is -0.368 e. The summed E-state index contributed by atoms with van der Waals surface area (Å²) < 4.78 is 1.11. The molecular formula is C17H17BrN2O. The number of rotatable bonds is 3. The Bertz CT molecular complexity index is 602. The van der Waals surface area contributed by atoms with Gasteiger partial charge in [-0.3, -0.25) is 4.79 Å². The van der Waals surface area contributed by atoms with Crippen LogP contribution in [0.2, 0.25) is 0 Å². The van der Waals surface area contributed by atoms with E-state index >= 15 is 0 Å². The van der Waals surface area contributed by atoms with Crippen LogP contribution in [0.15, 0.2) is 53.0 Å². The molecule has 1 fully saturated rings. The molecule has 0 unspecified atom stereocenters. The lowest BCUT2D eigenvalue weighted by Crippen LogP contribution is -2.46. The Balaban J connectivity index is 1.64. The van der Waals surface area contributed by atoms with Crippen molar-refractivity contribution in [2.75, 3.05) is 36.0 Å². The van der Waals surface area contributed by atoms with Crippen molar-refractivity contribution in [2.24, 2.45) is 0 Å². The molecule has 0 atom stereocenters. The van der Waals surface area contributed by atoms with Gasteiger partial charge in [-0.15, -0.1) is 0 Å². The summed E-state index contributed by atoms with van der Waals surface area (Å²) in [6.07, 6.45) is 0.884. The Morgan fingerprint density at radius 3 is 1.62 bits per heavy atom. The van der Waals surface area contributed by atoms with Gasteiger partial charge in [0, 0.05) is 47.6 Å². The molecule has 0 saturated carbocycles. The van der Waals surface area contributed by atoms with E-state index in [4.69, 9.17) is 0 Å². The van der Waals surface area contributed by atoms with Crippen molar-refractivity contribution >= 4 is 33.6 Å². The van der Waals surface area contributed by atoms with Gasteiger partial charge in [0.2, 0.25) is 0 Å². The van der Waals surface area contributed by atoms with E-state index in [-0.39, 0.29) is 0 Å². The molecule has 1 aliphatic rings. The third kappa shape index (κ3) is 3.27. The highest BCUT2D eigenvalue weighted by atomic mass is 79.9. The van der Waals surface area contributed by atoms with Crippen molar-refractivity contribution in [1.82, 2.24) is 0 Å². The second kappa shape index (κ2) is 6.31. The normalized spacial score (nSPS) is 15.1. The molecule has 0 spiro atoms. The highest BCUT2D eigenvalue weighted by Gasteiger charge is 2.17. The van der Waals surface area contributed by atoms with Crippen molar-refractivity contribution in [3.05, 3.63) is 58.6 Å². The SMILES string of the molecule is O=Cc1ccc(N2CCN(c3ccc(Br)cc3)CC2)cc1. The summed E-state index contributed by atoms with van der Waals surface area (Å²) in [5.41, 5.74) is 3.19. The largest absolute Gasteiger partial charge is 0.368 e. The van der Waals surface area contributed by atoms with Crippen LogP contribution in [0.5, 0.6) is 0 Å². The minimum atomic E-state index is 0.729. The van der Waals surface area contributed by atoms with Crippen LogP contribution in [0.1, 0.15) is 10.4 Å². The number of nitrogens with zero attached hydrogens (tertiary/aromatic N) is 2. The predicted octanol–water partition coefficient (Wildman–Crippen LogP) is 3.59. The average Bonchev–Trinajstić information content (AvgIpc) is 2.56. The number of anilines is 2. The van der Waals surface area contributed by atoms with E-state index < -0.39 is 0 Å². The quantitative estimate of drug-likeness (QED) is 0.795. The number of piperazine rings is 1. The van der Waals surface area contributed by atoms with Gasteiger partial charge in [0.05, 0.1) is 0 Å². The van der Waals surface area contributed by atoms with Gasteiger partial charge in [-0.05, 0) is 48.5 Å². The van der Waals surface area contributed by atoms with E-state index in [1.165, 1.54) is 11.4 Å². The van der Waals surface area contributed by atoms with Gasteiger partial charge >= 0.3 is 0 Å². The van der Waals surface area contributed by atoms with Crippen molar-refractivity contribution in [3.8, 4) is 0 Å². The first kappa shape index (κ1) is 14.1. The molecular weight excluding hydrogens is 328 g/mol. The Morgan fingerprint density at radius 1 is 0.762 bits per heavy atom.